The summed E-state index contributed by atoms with van der Waals surface area (Å²) in [5.41, 5.74) is 0. The Hall–Kier alpha value is -0.640. The highest BCUT2D eigenvalue weighted by Gasteiger charge is 2.04. The first-order chi connectivity index (χ1) is 5.59. The van der Waals surface area contributed by atoms with Gasteiger partial charge < -0.3 is 0 Å². The Labute approximate surface area is 80.6 Å². The average Bonchev–Trinajstić information content (AvgIpc) is 2.34. The lowest BCUT2D eigenvalue weighted by Crippen LogP contribution is -1.99. The molecule has 0 atom stereocenters. The van der Waals surface area contributed by atoms with E-state index in [2.05, 4.69) is 46.4 Å². The summed E-state index contributed by atoms with van der Waals surface area (Å²) in [5.74, 6) is 1.26. The highest BCUT2D eigenvalue weighted by molar-refractivity contribution is 9.11. The fourth-order valence-electron chi connectivity index (χ4n) is 0.826. The molecule has 0 aliphatic carbocycles. The van der Waals surface area contributed by atoms with E-state index >= 15 is 0 Å². The molecule has 0 saturated carbocycles. The van der Waals surface area contributed by atoms with Crippen molar-refractivity contribution in [3.8, 4) is 0 Å². The molecule has 0 radical (unpaired) electrons. The number of rotatable bonds is 3. The Balaban J connectivity index is 2.70. The van der Waals surface area contributed by atoms with Crippen LogP contribution in [0.2, 0.25) is 0 Å². The van der Waals surface area contributed by atoms with E-state index in [4.69, 9.17) is 0 Å². The van der Waals surface area contributed by atoms with E-state index in [1.54, 1.807) is 11.0 Å². The third kappa shape index (κ3) is 2.44. The zero-order valence-corrected chi connectivity index (χ0v) is 8.87. The standard InChI is InChI=1S/C8H12BrN3/c1-6(2)8-10-5-12(11-8)4-7(3)9/h5-6H,3-4H2,1-2H3. The molecule has 0 N–H and O–H groups in total. The smallest absolute Gasteiger partial charge is 0.153 e. The SMILES string of the molecule is C=C(Br)Cn1cnc(C(C)C)n1. The van der Waals surface area contributed by atoms with Crippen molar-refractivity contribution >= 4 is 15.9 Å². The van der Waals surface area contributed by atoms with Gasteiger partial charge in [0.15, 0.2) is 5.82 Å². The average molecular weight is 230 g/mol. The van der Waals surface area contributed by atoms with E-state index in [1.165, 1.54) is 0 Å². The molecule has 0 bridgehead atoms. The van der Waals surface area contributed by atoms with Gasteiger partial charge in [0.2, 0.25) is 0 Å². The summed E-state index contributed by atoms with van der Waals surface area (Å²) < 4.78 is 2.68. The number of aromatic nitrogens is 3. The van der Waals surface area contributed by atoms with Crippen LogP contribution >= 0.6 is 15.9 Å². The molecular formula is C8H12BrN3. The summed E-state index contributed by atoms with van der Waals surface area (Å²) in [6.45, 7) is 8.56. The van der Waals surface area contributed by atoms with Crippen molar-refractivity contribution in [2.45, 2.75) is 26.3 Å². The molecule has 0 aliphatic rings. The van der Waals surface area contributed by atoms with Crippen LogP contribution < -0.4 is 0 Å². The molecule has 0 spiro atoms. The topological polar surface area (TPSA) is 30.7 Å². The molecule has 3 nitrogen and oxygen atoms in total. The van der Waals surface area contributed by atoms with Gasteiger partial charge in [0, 0.05) is 10.4 Å². The first kappa shape index (κ1) is 9.45. The van der Waals surface area contributed by atoms with Crippen molar-refractivity contribution < 1.29 is 0 Å². The molecule has 0 fully saturated rings. The summed E-state index contributed by atoms with van der Waals surface area (Å²) >= 11 is 3.27. The van der Waals surface area contributed by atoms with Crippen LogP contribution in [0.15, 0.2) is 17.4 Å². The highest BCUT2D eigenvalue weighted by Crippen LogP contribution is 2.09. The van der Waals surface area contributed by atoms with Crippen molar-refractivity contribution in [1.82, 2.24) is 14.8 Å². The molecule has 1 rings (SSSR count). The number of hydrogen-bond donors (Lipinski definition) is 0. The maximum Gasteiger partial charge on any atom is 0.153 e. The Bertz CT molecular complexity index is 278. The second-order valence-corrected chi connectivity index (χ2v) is 4.09. The third-order valence-electron chi connectivity index (χ3n) is 1.40. The zero-order valence-electron chi connectivity index (χ0n) is 7.29. The first-order valence-corrected chi connectivity index (χ1v) is 4.61. The monoisotopic (exact) mass is 229 g/mol. The van der Waals surface area contributed by atoms with Crippen LogP contribution in [0.4, 0.5) is 0 Å². The largest absolute Gasteiger partial charge is 0.248 e. The van der Waals surface area contributed by atoms with Crippen molar-refractivity contribution in [3.05, 3.63) is 23.2 Å². The Morgan fingerprint density at radius 3 is 2.83 bits per heavy atom. The molecule has 0 aliphatic heterocycles. The van der Waals surface area contributed by atoms with E-state index in [-0.39, 0.29) is 0 Å². The normalized spacial score (nSPS) is 10.7. The van der Waals surface area contributed by atoms with Crippen molar-refractivity contribution in [1.29, 1.82) is 0 Å². The molecule has 0 aromatic carbocycles. The second kappa shape index (κ2) is 3.85. The predicted octanol–water partition coefficient (Wildman–Crippen LogP) is 2.31. The van der Waals surface area contributed by atoms with Crippen molar-refractivity contribution in [2.24, 2.45) is 0 Å². The number of nitrogens with zero attached hydrogens (tertiary/aromatic N) is 3. The van der Waals surface area contributed by atoms with Gasteiger partial charge in [0.05, 0.1) is 6.54 Å². The molecule has 0 amide bonds. The maximum atomic E-state index is 4.26. The molecule has 0 unspecified atom stereocenters. The van der Waals surface area contributed by atoms with Crippen LogP contribution in [0.5, 0.6) is 0 Å². The number of halogens is 1. The minimum atomic E-state index is 0.384. The van der Waals surface area contributed by atoms with Crippen LogP contribution in [-0.4, -0.2) is 14.8 Å². The maximum absolute atomic E-state index is 4.26. The third-order valence-corrected chi connectivity index (χ3v) is 1.65. The van der Waals surface area contributed by atoms with Crippen molar-refractivity contribution in [2.75, 3.05) is 0 Å². The fraction of sp³-hybridized carbons (Fsp3) is 0.500. The number of hydrogen-bond acceptors (Lipinski definition) is 2. The highest BCUT2D eigenvalue weighted by atomic mass is 79.9. The predicted molar refractivity (Wildman–Crippen MR) is 52.2 cm³/mol. The van der Waals surface area contributed by atoms with Gasteiger partial charge in [-0.1, -0.05) is 36.4 Å². The van der Waals surface area contributed by atoms with Crippen molar-refractivity contribution in [3.63, 3.8) is 0 Å². The molecule has 0 saturated heterocycles. The Morgan fingerprint density at radius 2 is 2.42 bits per heavy atom. The van der Waals surface area contributed by atoms with Gasteiger partial charge in [-0.3, -0.25) is 0 Å². The van der Waals surface area contributed by atoms with E-state index in [1.807, 2.05) is 0 Å². The molecular weight excluding hydrogens is 218 g/mol. The molecule has 1 aromatic rings. The van der Waals surface area contributed by atoms with Gasteiger partial charge in [-0.2, -0.15) is 5.10 Å². The van der Waals surface area contributed by atoms with E-state index in [9.17, 15) is 0 Å². The van der Waals surface area contributed by atoms with E-state index < -0.39 is 0 Å². The molecule has 1 aromatic heterocycles. The minimum Gasteiger partial charge on any atom is -0.248 e. The van der Waals surface area contributed by atoms with Gasteiger partial charge in [-0.05, 0) is 0 Å². The summed E-state index contributed by atoms with van der Waals surface area (Å²) in [5, 5.41) is 4.26. The summed E-state index contributed by atoms with van der Waals surface area (Å²) in [7, 11) is 0. The van der Waals surface area contributed by atoms with Gasteiger partial charge in [-0.25, -0.2) is 9.67 Å². The van der Waals surface area contributed by atoms with Gasteiger partial charge in [-0.15, -0.1) is 0 Å². The lowest BCUT2D eigenvalue weighted by molar-refractivity contribution is 0.665. The minimum absolute atomic E-state index is 0.384. The van der Waals surface area contributed by atoms with Crippen LogP contribution in [-0.2, 0) is 6.54 Å². The lowest BCUT2D eigenvalue weighted by atomic mass is 10.2. The zero-order chi connectivity index (χ0) is 9.14. The van der Waals surface area contributed by atoms with Gasteiger partial charge in [0.1, 0.15) is 6.33 Å². The molecule has 12 heavy (non-hydrogen) atoms. The molecule has 66 valence electrons. The molecule has 4 heteroatoms. The van der Waals surface area contributed by atoms with E-state index in [0.29, 0.717) is 12.5 Å². The van der Waals surface area contributed by atoms with Gasteiger partial charge >= 0.3 is 0 Å². The van der Waals surface area contributed by atoms with E-state index in [0.717, 1.165) is 10.3 Å². The van der Waals surface area contributed by atoms with Crippen LogP contribution in [0.25, 0.3) is 0 Å². The van der Waals surface area contributed by atoms with Gasteiger partial charge in [0.25, 0.3) is 0 Å². The Morgan fingerprint density at radius 1 is 1.75 bits per heavy atom. The fourth-order valence-corrected chi connectivity index (χ4v) is 1.08. The first-order valence-electron chi connectivity index (χ1n) is 3.82. The summed E-state index contributed by atoms with van der Waals surface area (Å²) in [4.78, 5) is 4.16. The quantitative estimate of drug-likeness (QED) is 0.797. The van der Waals surface area contributed by atoms with Crippen LogP contribution in [0.3, 0.4) is 0 Å². The lowest BCUT2D eigenvalue weighted by Gasteiger charge is -1.97. The Kier molecular flexibility index (Phi) is 3.03. The molecule has 1 heterocycles. The van der Waals surface area contributed by atoms with Crippen LogP contribution in [0.1, 0.15) is 25.6 Å². The summed E-state index contributed by atoms with van der Waals surface area (Å²) in [6.07, 6.45) is 1.72. The van der Waals surface area contributed by atoms with Crippen LogP contribution in [0, 0.1) is 0 Å². The summed E-state index contributed by atoms with van der Waals surface area (Å²) in [6, 6.07) is 0. The number of allylic oxidation sites excluding steroid dienone is 1. The second-order valence-electron chi connectivity index (χ2n) is 2.97.